The van der Waals surface area contributed by atoms with Gasteiger partial charge in [0, 0.05) is 18.0 Å². The van der Waals surface area contributed by atoms with Crippen molar-refractivity contribution in [3.8, 4) is 11.5 Å². The highest BCUT2D eigenvalue weighted by Crippen LogP contribution is 2.20. The van der Waals surface area contributed by atoms with Crippen LogP contribution in [0.3, 0.4) is 0 Å². The van der Waals surface area contributed by atoms with E-state index in [2.05, 4.69) is 5.16 Å². The van der Waals surface area contributed by atoms with Gasteiger partial charge in [-0.2, -0.15) is 0 Å². The van der Waals surface area contributed by atoms with E-state index in [9.17, 15) is 5.21 Å². The molecular weight excluding hydrogens is 452 g/mol. The van der Waals surface area contributed by atoms with Gasteiger partial charge >= 0.3 is 0 Å². The lowest BCUT2D eigenvalue weighted by Gasteiger charge is -2.07. The minimum atomic E-state index is 0.416. The van der Waals surface area contributed by atoms with Gasteiger partial charge in [0.15, 0.2) is 0 Å². The first-order chi connectivity index (χ1) is 17.7. The molecule has 0 spiro atoms. The zero-order valence-corrected chi connectivity index (χ0v) is 19.7. The summed E-state index contributed by atoms with van der Waals surface area (Å²) in [5.74, 6) is 1.56. The van der Waals surface area contributed by atoms with Gasteiger partial charge in [0.1, 0.15) is 24.7 Å². The number of rotatable bonds is 10. The van der Waals surface area contributed by atoms with Gasteiger partial charge in [0.2, 0.25) is 11.4 Å². The van der Waals surface area contributed by atoms with Crippen molar-refractivity contribution in [3.05, 3.63) is 148 Å². The van der Waals surface area contributed by atoms with Crippen molar-refractivity contribution in [2.45, 2.75) is 26.1 Å². The van der Waals surface area contributed by atoms with E-state index in [1.54, 1.807) is 0 Å². The summed E-state index contributed by atoms with van der Waals surface area (Å²) in [6, 6.07) is 35.6. The monoisotopic (exact) mass is 478 g/mol. The molecule has 36 heavy (non-hydrogen) atoms. The Bertz CT molecular complexity index is 1370. The van der Waals surface area contributed by atoms with Gasteiger partial charge in [-0.1, -0.05) is 84.9 Å². The fourth-order valence-corrected chi connectivity index (χ4v) is 3.87. The first kappa shape index (κ1) is 23.2. The largest absolute Gasteiger partial charge is 0.489 e. The van der Waals surface area contributed by atoms with Gasteiger partial charge in [-0.05, 0) is 51.4 Å². The number of hydrogen-bond donors (Lipinski definition) is 0. The molecule has 0 saturated carbocycles. The Morgan fingerprint density at radius 1 is 0.583 bits per heavy atom. The van der Waals surface area contributed by atoms with Crippen molar-refractivity contribution >= 4 is 0 Å². The van der Waals surface area contributed by atoms with Crippen LogP contribution >= 0.6 is 0 Å². The Kier molecular flexibility index (Phi) is 7.23. The molecule has 0 atom stereocenters. The summed E-state index contributed by atoms with van der Waals surface area (Å²) in [7, 11) is 0. The number of benzene rings is 4. The quantitative estimate of drug-likeness (QED) is 0.243. The molecule has 0 aliphatic heterocycles. The Labute approximate surface area is 209 Å². The molecule has 180 valence electrons. The van der Waals surface area contributed by atoms with Crippen molar-refractivity contribution < 1.29 is 19.0 Å². The molecule has 0 radical (unpaired) electrons. The van der Waals surface area contributed by atoms with Crippen LogP contribution in [0.15, 0.2) is 114 Å². The van der Waals surface area contributed by atoms with Gasteiger partial charge in [0.25, 0.3) is 0 Å². The van der Waals surface area contributed by atoms with Crippen molar-refractivity contribution in [1.29, 1.82) is 0 Å². The minimum Gasteiger partial charge on any atom is -0.489 e. The molecule has 0 aliphatic carbocycles. The van der Waals surface area contributed by atoms with Gasteiger partial charge in [-0.3, -0.25) is 4.63 Å². The molecule has 5 aromatic rings. The maximum absolute atomic E-state index is 12.3. The second-order valence-corrected chi connectivity index (χ2v) is 8.51. The fraction of sp³-hybridized carbons (Fsp3) is 0.133. The number of aromatic nitrogens is 2. The highest BCUT2D eigenvalue weighted by Gasteiger charge is 2.20. The van der Waals surface area contributed by atoms with Crippen LogP contribution in [0.4, 0.5) is 0 Å². The minimum absolute atomic E-state index is 0.416. The first-order valence-electron chi connectivity index (χ1n) is 11.8. The van der Waals surface area contributed by atoms with E-state index < -0.39 is 0 Å². The predicted molar refractivity (Wildman–Crippen MR) is 136 cm³/mol. The molecule has 0 fully saturated rings. The zero-order valence-electron chi connectivity index (χ0n) is 19.7. The SMILES string of the molecule is [O-][n+]1onc(Cc2ccc(OCc3ccccc3)cc2)c1Cc1ccc(OCc2ccccc2)cc1. The number of nitrogens with zero attached hydrogens (tertiary/aromatic N) is 2. The van der Waals surface area contributed by atoms with Crippen LogP contribution in [0.2, 0.25) is 0 Å². The standard InChI is InChI=1S/C30H26N2O4/c33-32-30(20-24-13-17-28(18-14-24)35-22-26-9-5-2-6-10-26)29(31-36-32)19-23-11-15-27(16-12-23)34-21-25-7-3-1-4-8-25/h1-18H,19-22H2. The lowest BCUT2D eigenvalue weighted by molar-refractivity contribution is -0.807. The summed E-state index contributed by atoms with van der Waals surface area (Å²) in [4.78, 5) is 0.493. The Morgan fingerprint density at radius 2 is 1.06 bits per heavy atom. The second kappa shape index (κ2) is 11.2. The summed E-state index contributed by atoms with van der Waals surface area (Å²) in [5.41, 5.74) is 5.33. The van der Waals surface area contributed by atoms with Gasteiger partial charge in [-0.15, -0.1) is 0 Å². The maximum Gasteiger partial charge on any atom is 0.225 e. The highest BCUT2D eigenvalue weighted by atomic mass is 16.8. The first-order valence-corrected chi connectivity index (χ1v) is 11.8. The van der Waals surface area contributed by atoms with Crippen molar-refractivity contribution in [2.24, 2.45) is 0 Å². The molecule has 1 heterocycles. The molecule has 4 aromatic carbocycles. The van der Waals surface area contributed by atoms with Crippen LogP contribution in [-0.4, -0.2) is 5.16 Å². The third-order valence-electron chi connectivity index (χ3n) is 5.87. The maximum atomic E-state index is 12.3. The second-order valence-electron chi connectivity index (χ2n) is 8.51. The molecule has 0 amide bonds. The molecule has 0 N–H and O–H groups in total. The van der Waals surface area contributed by atoms with Crippen LogP contribution in [-0.2, 0) is 26.1 Å². The molecule has 5 rings (SSSR count). The lowest BCUT2D eigenvalue weighted by atomic mass is 10.0. The van der Waals surface area contributed by atoms with Crippen molar-refractivity contribution in [3.63, 3.8) is 0 Å². The summed E-state index contributed by atoms with van der Waals surface area (Å²) < 4.78 is 16.6. The third kappa shape index (κ3) is 6.10. The normalized spacial score (nSPS) is 10.8. The molecule has 0 aliphatic rings. The van der Waals surface area contributed by atoms with Crippen LogP contribution in [0.1, 0.15) is 33.6 Å². The van der Waals surface area contributed by atoms with E-state index in [0.29, 0.717) is 42.3 Å². The Balaban J connectivity index is 1.19. The van der Waals surface area contributed by atoms with Crippen molar-refractivity contribution in [2.75, 3.05) is 0 Å². The Hall–Kier alpha value is -4.58. The summed E-state index contributed by atoms with van der Waals surface area (Å²) in [6.45, 7) is 1.02. The van der Waals surface area contributed by atoms with E-state index in [1.807, 2.05) is 109 Å². The van der Waals surface area contributed by atoms with Gasteiger partial charge in [0.05, 0.1) is 0 Å². The average molecular weight is 479 g/mol. The Morgan fingerprint density at radius 3 is 1.56 bits per heavy atom. The molecule has 1 aromatic heterocycles. The number of ether oxygens (including phenoxy) is 2. The smallest absolute Gasteiger partial charge is 0.225 e. The third-order valence-corrected chi connectivity index (χ3v) is 5.87. The van der Waals surface area contributed by atoms with E-state index in [-0.39, 0.29) is 0 Å². The molecule has 0 unspecified atom stereocenters. The van der Waals surface area contributed by atoms with E-state index >= 15 is 0 Å². The predicted octanol–water partition coefficient (Wildman–Crippen LogP) is 5.65. The molecule has 6 nitrogen and oxygen atoms in total. The lowest BCUT2D eigenvalue weighted by Crippen LogP contribution is -2.28. The topological polar surface area (TPSA) is 71.4 Å². The van der Waals surface area contributed by atoms with Crippen LogP contribution < -0.4 is 14.4 Å². The van der Waals surface area contributed by atoms with Crippen LogP contribution in [0.25, 0.3) is 0 Å². The fourth-order valence-electron chi connectivity index (χ4n) is 3.87. The van der Waals surface area contributed by atoms with Crippen molar-refractivity contribution in [1.82, 2.24) is 5.16 Å². The van der Waals surface area contributed by atoms with Crippen LogP contribution in [0.5, 0.6) is 11.5 Å². The summed E-state index contributed by atoms with van der Waals surface area (Å²) in [6.07, 6.45) is 0.908. The zero-order chi connectivity index (χ0) is 24.6. The van der Waals surface area contributed by atoms with Gasteiger partial charge < -0.3 is 14.7 Å². The van der Waals surface area contributed by atoms with E-state index in [1.165, 1.54) is 0 Å². The molecular formula is C30H26N2O4. The molecule has 0 bridgehead atoms. The van der Waals surface area contributed by atoms with E-state index in [0.717, 1.165) is 33.8 Å². The molecule has 6 heteroatoms. The van der Waals surface area contributed by atoms with Gasteiger partial charge in [-0.25, -0.2) is 0 Å². The average Bonchev–Trinajstić information content (AvgIpc) is 3.27. The summed E-state index contributed by atoms with van der Waals surface area (Å²) >= 11 is 0. The molecule has 0 saturated heterocycles. The highest BCUT2D eigenvalue weighted by molar-refractivity contribution is 5.33. The number of hydrogen-bond acceptors (Lipinski definition) is 5. The van der Waals surface area contributed by atoms with E-state index in [4.69, 9.17) is 14.1 Å². The van der Waals surface area contributed by atoms with Crippen LogP contribution in [0, 0.1) is 5.21 Å². The summed E-state index contributed by atoms with van der Waals surface area (Å²) in [5, 5.41) is 16.3.